The lowest BCUT2D eigenvalue weighted by Gasteiger charge is -2.23. The van der Waals surface area contributed by atoms with Crippen LogP contribution in [0, 0.1) is 12.8 Å². The molecule has 3 amide bonds. The average molecular weight is 358 g/mol. The maximum Gasteiger partial charge on any atom is 0.326 e. The Labute approximate surface area is 153 Å². The number of imide groups is 1. The van der Waals surface area contributed by atoms with E-state index in [0.29, 0.717) is 18.1 Å². The summed E-state index contributed by atoms with van der Waals surface area (Å²) in [5.41, 5.74) is 0.603. The summed E-state index contributed by atoms with van der Waals surface area (Å²) in [5, 5.41) is 2.71. The van der Waals surface area contributed by atoms with E-state index in [0.717, 1.165) is 23.3 Å². The van der Waals surface area contributed by atoms with E-state index in [1.165, 1.54) is 19.3 Å². The van der Waals surface area contributed by atoms with Gasteiger partial charge >= 0.3 is 12.0 Å². The predicted octanol–water partition coefficient (Wildman–Crippen LogP) is 2.89. The Kier molecular flexibility index (Phi) is 5.30. The highest BCUT2D eigenvalue weighted by atomic mass is 16.5. The van der Waals surface area contributed by atoms with Gasteiger partial charge in [0.15, 0.2) is 0 Å². The first-order valence-corrected chi connectivity index (χ1v) is 9.27. The molecule has 1 aromatic carbocycles. The largest absolute Gasteiger partial charge is 0.464 e. The number of nitrogens with zero attached hydrogens (tertiary/aromatic N) is 1. The number of hydrogen-bond acceptors (Lipinski definition) is 4. The van der Waals surface area contributed by atoms with Gasteiger partial charge in [-0.3, -0.25) is 14.5 Å². The standard InChI is InChI=1S/C20H26N2O4/c1-14-8-10-16(11-9-14)20(2)18(24)22(19(25)21-20)12-17(23)26-13-15-6-4-3-5-7-15/h8-11,15H,3-7,12-13H2,1-2H3,(H,21,25)/t20-/m0/s1. The summed E-state index contributed by atoms with van der Waals surface area (Å²) < 4.78 is 5.32. The third-order valence-electron chi connectivity index (χ3n) is 5.40. The first kappa shape index (κ1) is 18.4. The van der Waals surface area contributed by atoms with Crippen molar-refractivity contribution in [2.45, 2.75) is 51.5 Å². The van der Waals surface area contributed by atoms with E-state index in [9.17, 15) is 14.4 Å². The van der Waals surface area contributed by atoms with Crippen LogP contribution in [0.25, 0.3) is 0 Å². The number of amides is 3. The van der Waals surface area contributed by atoms with Crippen molar-refractivity contribution in [1.29, 1.82) is 0 Å². The van der Waals surface area contributed by atoms with Crippen molar-refractivity contribution in [3.8, 4) is 0 Å². The van der Waals surface area contributed by atoms with Crippen LogP contribution in [0.15, 0.2) is 24.3 Å². The van der Waals surface area contributed by atoms with E-state index in [1.807, 2.05) is 31.2 Å². The lowest BCUT2D eigenvalue weighted by molar-refractivity contribution is -0.149. The molecule has 0 aromatic heterocycles. The minimum atomic E-state index is -1.16. The first-order chi connectivity index (χ1) is 12.4. The molecule has 3 rings (SSSR count). The molecule has 0 spiro atoms. The van der Waals surface area contributed by atoms with Crippen LogP contribution in [0.1, 0.15) is 50.2 Å². The number of rotatable bonds is 5. The van der Waals surface area contributed by atoms with Crippen molar-refractivity contribution in [1.82, 2.24) is 10.2 Å². The molecule has 1 saturated carbocycles. The minimum absolute atomic E-state index is 0.348. The molecule has 1 heterocycles. The summed E-state index contributed by atoms with van der Waals surface area (Å²) in [6.45, 7) is 3.64. The third-order valence-corrected chi connectivity index (χ3v) is 5.40. The molecule has 1 aromatic rings. The highest BCUT2D eigenvalue weighted by Gasteiger charge is 2.49. The molecule has 0 radical (unpaired) electrons. The van der Waals surface area contributed by atoms with Gasteiger partial charge in [-0.15, -0.1) is 0 Å². The number of ether oxygens (including phenoxy) is 1. The molecule has 1 aliphatic heterocycles. The zero-order chi connectivity index (χ0) is 18.7. The topological polar surface area (TPSA) is 75.7 Å². The molecule has 0 unspecified atom stereocenters. The second-order valence-electron chi connectivity index (χ2n) is 7.50. The number of nitrogens with one attached hydrogen (secondary N) is 1. The van der Waals surface area contributed by atoms with Crippen LogP contribution in [-0.2, 0) is 19.9 Å². The fraction of sp³-hybridized carbons (Fsp3) is 0.550. The van der Waals surface area contributed by atoms with Gasteiger partial charge < -0.3 is 10.1 Å². The number of aryl methyl sites for hydroxylation is 1. The molecule has 2 aliphatic rings. The second-order valence-corrected chi connectivity index (χ2v) is 7.50. The molecule has 6 heteroatoms. The Bertz CT molecular complexity index is 694. The fourth-order valence-corrected chi connectivity index (χ4v) is 3.66. The Balaban J connectivity index is 1.61. The van der Waals surface area contributed by atoms with Crippen LogP contribution in [0.2, 0.25) is 0 Å². The molecule has 1 aliphatic carbocycles. The van der Waals surface area contributed by atoms with E-state index in [2.05, 4.69) is 5.32 Å². The zero-order valence-electron chi connectivity index (χ0n) is 15.4. The molecule has 1 saturated heterocycles. The van der Waals surface area contributed by atoms with E-state index in [1.54, 1.807) is 6.92 Å². The minimum Gasteiger partial charge on any atom is -0.464 e. The first-order valence-electron chi connectivity index (χ1n) is 9.27. The van der Waals surface area contributed by atoms with Crippen LogP contribution >= 0.6 is 0 Å². The molecule has 1 N–H and O–H groups in total. The van der Waals surface area contributed by atoms with Gasteiger partial charge in [0.05, 0.1) is 6.61 Å². The molecule has 26 heavy (non-hydrogen) atoms. The molecule has 6 nitrogen and oxygen atoms in total. The molecule has 140 valence electrons. The van der Waals surface area contributed by atoms with Gasteiger partial charge in [0, 0.05) is 0 Å². The number of esters is 1. The highest BCUT2D eigenvalue weighted by molar-refractivity contribution is 6.08. The Morgan fingerprint density at radius 3 is 2.50 bits per heavy atom. The number of carbonyl (C=O) groups excluding carboxylic acids is 3. The van der Waals surface area contributed by atoms with Crippen molar-refractivity contribution in [3.63, 3.8) is 0 Å². The van der Waals surface area contributed by atoms with E-state index in [4.69, 9.17) is 4.74 Å². The van der Waals surface area contributed by atoms with E-state index >= 15 is 0 Å². The summed E-state index contributed by atoms with van der Waals surface area (Å²) in [4.78, 5) is 38.1. The molecule has 0 bridgehead atoms. The Morgan fingerprint density at radius 2 is 1.85 bits per heavy atom. The van der Waals surface area contributed by atoms with Gasteiger partial charge in [0.2, 0.25) is 0 Å². The summed E-state index contributed by atoms with van der Waals surface area (Å²) in [7, 11) is 0. The summed E-state index contributed by atoms with van der Waals surface area (Å²) in [5.74, 6) is -0.568. The van der Waals surface area contributed by atoms with Crippen LogP contribution in [0.3, 0.4) is 0 Å². The number of carbonyl (C=O) groups is 3. The summed E-state index contributed by atoms with van der Waals surface area (Å²) >= 11 is 0. The van der Waals surface area contributed by atoms with Crippen molar-refractivity contribution in [2.75, 3.05) is 13.2 Å². The van der Waals surface area contributed by atoms with Crippen LogP contribution in [0.5, 0.6) is 0 Å². The van der Waals surface area contributed by atoms with Crippen LogP contribution in [-0.4, -0.2) is 36.0 Å². The van der Waals surface area contributed by atoms with Gasteiger partial charge in [-0.2, -0.15) is 0 Å². The summed E-state index contributed by atoms with van der Waals surface area (Å²) in [6.07, 6.45) is 5.72. The van der Waals surface area contributed by atoms with Gasteiger partial charge in [-0.05, 0) is 38.2 Å². The smallest absolute Gasteiger partial charge is 0.326 e. The zero-order valence-corrected chi connectivity index (χ0v) is 15.4. The van der Waals surface area contributed by atoms with E-state index in [-0.39, 0.29) is 6.54 Å². The van der Waals surface area contributed by atoms with Gasteiger partial charge in [0.1, 0.15) is 12.1 Å². The van der Waals surface area contributed by atoms with Crippen molar-refractivity contribution in [3.05, 3.63) is 35.4 Å². The van der Waals surface area contributed by atoms with Crippen molar-refractivity contribution < 1.29 is 19.1 Å². The molecule has 2 fully saturated rings. The Hall–Kier alpha value is -2.37. The Morgan fingerprint density at radius 1 is 1.19 bits per heavy atom. The molecule has 1 atom stereocenters. The molecular formula is C20H26N2O4. The summed E-state index contributed by atoms with van der Waals surface area (Å²) in [6, 6.07) is 6.85. The molecular weight excluding hydrogens is 332 g/mol. The van der Waals surface area contributed by atoms with Crippen molar-refractivity contribution in [2.24, 2.45) is 5.92 Å². The quantitative estimate of drug-likeness (QED) is 0.649. The number of urea groups is 1. The number of benzene rings is 1. The SMILES string of the molecule is Cc1ccc([C@]2(C)NC(=O)N(CC(=O)OCC3CCCCC3)C2=O)cc1. The predicted molar refractivity (Wildman–Crippen MR) is 96.3 cm³/mol. The number of hydrogen-bond donors (Lipinski definition) is 1. The average Bonchev–Trinajstić information content (AvgIpc) is 2.85. The maximum absolute atomic E-state index is 12.8. The van der Waals surface area contributed by atoms with Crippen LogP contribution in [0.4, 0.5) is 4.79 Å². The third kappa shape index (κ3) is 3.74. The second kappa shape index (κ2) is 7.48. The van der Waals surface area contributed by atoms with Gasteiger partial charge in [-0.1, -0.05) is 49.1 Å². The lowest BCUT2D eigenvalue weighted by Crippen LogP contribution is -2.41. The van der Waals surface area contributed by atoms with Crippen LogP contribution < -0.4 is 5.32 Å². The highest BCUT2D eigenvalue weighted by Crippen LogP contribution is 2.29. The van der Waals surface area contributed by atoms with Crippen molar-refractivity contribution >= 4 is 17.9 Å². The lowest BCUT2D eigenvalue weighted by atomic mass is 9.90. The van der Waals surface area contributed by atoms with E-state index < -0.39 is 23.4 Å². The van der Waals surface area contributed by atoms with Gasteiger partial charge in [-0.25, -0.2) is 4.79 Å². The normalized spacial score (nSPS) is 23.8. The maximum atomic E-state index is 12.8. The monoisotopic (exact) mass is 358 g/mol. The van der Waals surface area contributed by atoms with Gasteiger partial charge in [0.25, 0.3) is 5.91 Å². The fourth-order valence-electron chi connectivity index (χ4n) is 3.66.